The Bertz CT molecular complexity index is 1190. The maximum Gasteiger partial charge on any atom is 1.00 e. The van der Waals surface area contributed by atoms with Crippen LogP contribution in [-0.4, -0.2) is 90.8 Å². The van der Waals surface area contributed by atoms with E-state index in [1.807, 2.05) is 0 Å². The normalized spacial score (nSPS) is 23.3. The number of unbranched alkanes of at least 4 members (excludes halogenated alkanes) is 7. The van der Waals surface area contributed by atoms with E-state index in [4.69, 9.17) is 28.2 Å². The molecule has 0 bridgehead atoms. The molecule has 1 aliphatic rings. The summed E-state index contributed by atoms with van der Waals surface area (Å²) in [5, 5.41) is 51.1. The molecule has 2 rings (SSSR count). The number of hydrogen-bond acceptors (Lipinski definition) is 14. The minimum absolute atomic E-state index is 0. The number of carbonyl (C=O) groups is 1. The molecule has 0 saturated carbocycles. The molecule has 0 radical (unpaired) electrons. The molecule has 14 nitrogen and oxygen atoms in total. The number of benzene rings is 1. The Morgan fingerprint density at radius 2 is 1.45 bits per heavy atom. The molecule has 1 fully saturated rings. The van der Waals surface area contributed by atoms with E-state index in [1.54, 1.807) is 0 Å². The van der Waals surface area contributed by atoms with Gasteiger partial charge in [-0.1, -0.05) is 38.5 Å². The van der Waals surface area contributed by atoms with Crippen LogP contribution < -0.4 is 126 Å². The second kappa shape index (κ2) is 20.9. The Hall–Kier alpha value is 0.873. The van der Waals surface area contributed by atoms with Crippen molar-refractivity contribution in [2.24, 2.45) is 0 Å². The molecule has 1 aromatic carbocycles. The summed E-state index contributed by atoms with van der Waals surface area (Å²) in [6.45, 7) is 1.43. The fraction of sp³-hybridized carbons (Fsp3) is 0.720. The van der Waals surface area contributed by atoms with Crippen molar-refractivity contribution in [3.05, 3.63) is 11.1 Å². The molecule has 1 aliphatic heterocycles. The number of carboxylic acids is 1. The second-order valence-corrected chi connectivity index (χ2v) is 10.3. The number of hydrogen-bond donors (Lipinski definition) is 4. The van der Waals surface area contributed by atoms with E-state index >= 15 is 0 Å². The van der Waals surface area contributed by atoms with Gasteiger partial charge in [0.15, 0.2) is 11.5 Å². The summed E-state index contributed by atoms with van der Waals surface area (Å²) in [6.07, 6.45) is -3.81. The molecule has 5 atom stereocenters. The minimum atomic E-state index is -5.46. The number of carbonyl (C=O) groups excluding carboxylic acids is 1. The fourth-order valence-electron chi connectivity index (χ4n) is 4.46. The van der Waals surface area contributed by atoms with E-state index in [1.165, 1.54) is 6.92 Å². The molecule has 0 spiro atoms. The van der Waals surface area contributed by atoms with Crippen LogP contribution in [0.15, 0.2) is 0 Å². The van der Waals surface area contributed by atoms with Crippen LogP contribution in [0.4, 0.5) is 0 Å². The largest absolute Gasteiger partial charge is 1.00 e. The molecule has 1 aromatic rings. The van der Waals surface area contributed by atoms with Crippen LogP contribution in [-0.2, 0) is 26.4 Å². The van der Waals surface area contributed by atoms with Crippen LogP contribution in [0.1, 0.15) is 66.6 Å². The molecule has 1 saturated heterocycles. The third-order valence-corrected chi connectivity index (χ3v) is 6.92. The van der Waals surface area contributed by atoms with Crippen molar-refractivity contribution in [2.45, 2.75) is 95.4 Å². The Labute approximate surface area is 335 Å². The zero-order valence-corrected chi connectivity index (χ0v) is 31.3. The molecule has 0 aromatic heterocycles. The average Bonchev–Trinajstić information content (AvgIpc) is 2.90. The summed E-state index contributed by atoms with van der Waals surface area (Å²) >= 11 is 0. The summed E-state index contributed by atoms with van der Waals surface area (Å²) in [4.78, 5) is 11.5. The van der Waals surface area contributed by atoms with Gasteiger partial charge in [0, 0.05) is 17.7 Å². The van der Waals surface area contributed by atoms with E-state index < -0.39 is 71.4 Å². The quantitative estimate of drug-likeness (QED) is 0.0396. The van der Waals surface area contributed by atoms with Gasteiger partial charge in [0.25, 0.3) is 10.4 Å². The number of ether oxygens (including phenoxy) is 4. The number of rotatable bonds is 17. The zero-order chi connectivity index (χ0) is 32.5. The fourth-order valence-corrected chi connectivity index (χ4v) is 4.86. The number of aliphatic hydroxyl groups excluding tert-OH is 4. The maximum absolute atomic E-state index is 11.6. The van der Waals surface area contributed by atoms with Gasteiger partial charge in [-0.2, -0.15) is 0 Å². The Kier molecular flexibility index (Phi) is 18.6. The van der Waals surface area contributed by atoms with Crippen molar-refractivity contribution in [3.63, 3.8) is 0 Å². The number of methoxy groups -OCH3 is 2. The molecule has 1 heterocycles. The maximum atomic E-state index is 11.6. The SMILES string of the molecule is [2H][13C]([2H])([2H])Oc1c(OS(=O)(=O)[O-])c(C)c(CCCCCCCCCCO)c(O[C@@H]2O[C@H](C(=O)[O-])[C@@H](O)[C@H](O)[C@H]2O)c1OC.[K+].[K+]. The summed E-state index contributed by atoms with van der Waals surface area (Å²) in [6, 6.07) is 0. The van der Waals surface area contributed by atoms with E-state index in [0.29, 0.717) is 12.8 Å². The molecule has 0 aliphatic carbocycles. The van der Waals surface area contributed by atoms with Gasteiger partial charge in [-0.25, -0.2) is 8.42 Å². The zero-order valence-electron chi connectivity index (χ0n) is 27.2. The monoisotopic (exact) mass is 676 g/mol. The van der Waals surface area contributed by atoms with Crippen LogP contribution in [0.5, 0.6) is 23.0 Å². The molecular formula is C25H38K2O14S. The molecular weight excluding hydrogens is 636 g/mol. The van der Waals surface area contributed by atoms with Crippen LogP contribution in [0.25, 0.3) is 0 Å². The van der Waals surface area contributed by atoms with Crippen molar-refractivity contribution in [1.29, 1.82) is 0 Å². The van der Waals surface area contributed by atoms with E-state index in [0.717, 1.165) is 45.6 Å². The first-order chi connectivity index (χ1) is 20.0. The average molecular weight is 677 g/mol. The first kappa shape index (κ1) is 37.3. The predicted octanol–water partition coefficient (Wildman–Crippen LogP) is -6.55. The smallest absolute Gasteiger partial charge is 0.716 e. The summed E-state index contributed by atoms with van der Waals surface area (Å²) < 4.78 is 83.0. The minimum Gasteiger partial charge on any atom is -0.716 e. The summed E-state index contributed by atoms with van der Waals surface area (Å²) in [5.74, 6) is -4.57. The molecule has 0 unspecified atom stereocenters. The summed E-state index contributed by atoms with van der Waals surface area (Å²) in [7, 11) is -7.66. The Balaban J connectivity index is 0.00000968. The molecule has 4 N–H and O–H groups in total. The third kappa shape index (κ3) is 12.2. The Morgan fingerprint density at radius 1 is 0.905 bits per heavy atom. The first-order valence-corrected chi connectivity index (χ1v) is 14.1. The van der Waals surface area contributed by atoms with Gasteiger partial charge in [-0.3, -0.25) is 0 Å². The molecule has 230 valence electrons. The Morgan fingerprint density at radius 3 is 1.95 bits per heavy atom. The molecule has 42 heavy (non-hydrogen) atoms. The van der Waals surface area contributed by atoms with Gasteiger partial charge in [0.05, 0.1) is 24.2 Å². The second-order valence-electron chi connectivity index (χ2n) is 9.35. The van der Waals surface area contributed by atoms with Gasteiger partial charge in [-0.05, 0) is 26.2 Å². The van der Waals surface area contributed by atoms with E-state index in [-0.39, 0.29) is 133 Å². The standard InChI is InChI=1S/C25H40O14S.2K/c1-14-15(12-10-8-6-4-5-7-9-11-13-26)20(23(36-3)22(35-2)19(14)39-40(32,33)34)37-25-18(29)16(27)17(28)21(38-25)24(30)31;;/h16-18,21,25-29H,4-13H2,1-3H3,(H,30,31)(H,32,33,34);;/q;2*+1/p-2/t16-,17-,18+,21-,25+;;/m0../s1/i2+1D3;;. The van der Waals surface area contributed by atoms with Crippen molar-refractivity contribution in [3.8, 4) is 23.0 Å². The van der Waals surface area contributed by atoms with Crippen LogP contribution in [0.3, 0.4) is 0 Å². The van der Waals surface area contributed by atoms with Crippen LogP contribution in [0.2, 0.25) is 0 Å². The van der Waals surface area contributed by atoms with Crippen molar-refractivity contribution in [2.75, 3.05) is 20.8 Å². The van der Waals surface area contributed by atoms with Gasteiger partial charge in [0.1, 0.15) is 24.4 Å². The number of aliphatic carboxylic acids is 1. The van der Waals surface area contributed by atoms with Gasteiger partial charge >= 0.3 is 103 Å². The van der Waals surface area contributed by atoms with Crippen molar-refractivity contribution in [1.82, 2.24) is 0 Å². The van der Waals surface area contributed by atoms with Crippen LogP contribution >= 0.6 is 0 Å². The number of carboxylic acid groups (broad SMARTS) is 1. The molecule has 0 amide bonds. The van der Waals surface area contributed by atoms with Gasteiger partial charge < -0.3 is 58.0 Å². The van der Waals surface area contributed by atoms with E-state index in [2.05, 4.69) is 4.18 Å². The van der Waals surface area contributed by atoms with E-state index in [9.17, 15) is 38.2 Å². The van der Waals surface area contributed by atoms with Crippen LogP contribution in [0, 0.1) is 6.92 Å². The topological polar surface area (TPSA) is 224 Å². The van der Waals surface area contributed by atoms with Crippen molar-refractivity contribution < 1.29 is 173 Å². The number of aliphatic hydroxyl groups is 4. The third-order valence-electron chi connectivity index (χ3n) is 6.55. The predicted molar refractivity (Wildman–Crippen MR) is 135 cm³/mol. The van der Waals surface area contributed by atoms with Crippen molar-refractivity contribution >= 4 is 16.4 Å². The van der Waals surface area contributed by atoms with Gasteiger partial charge in [-0.15, -0.1) is 0 Å². The first-order valence-electron chi connectivity index (χ1n) is 14.3. The summed E-state index contributed by atoms with van der Waals surface area (Å²) in [5.41, 5.74) is -0.00133. The van der Waals surface area contributed by atoms with Gasteiger partial charge in [0.2, 0.25) is 17.8 Å². The molecule has 17 heteroatoms.